The van der Waals surface area contributed by atoms with E-state index in [1.165, 1.54) is 4.31 Å². The fourth-order valence-corrected chi connectivity index (χ4v) is 4.90. The number of ether oxygens (including phenoxy) is 1. The number of carbonyl (C=O) groups is 1. The van der Waals surface area contributed by atoms with Crippen molar-refractivity contribution in [3.63, 3.8) is 0 Å². The molecule has 19 heavy (non-hydrogen) atoms. The van der Waals surface area contributed by atoms with Crippen molar-refractivity contribution in [2.45, 2.75) is 38.1 Å². The summed E-state index contributed by atoms with van der Waals surface area (Å²) in [4.78, 5) is 11.2. The molecule has 1 atom stereocenters. The van der Waals surface area contributed by atoms with Crippen LogP contribution in [0.1, 0.15) is 32.1 Å². The van der Waals surface area contributed by atoms with E-state index >= 15 is 0 Å². The van der Waals surface area contributed by atoms with Gasteiger partial charge in [0.05, 0.1) is 5.75 Å². The van der Waals surface area contributed by atoms with Crippen molar-refractivity contribution in [1.82, 2.24) is 4.31 Å². The molecular weight excluding hydrogens is 270 g/mol. The molecule has 0 spiro atoms. The van der Waals surface area contributed by atoms with E-state index in [2.05, 4.69) is 0 Å². The molecule has 2 fully saturated rings. The summed E-state index contributed by atoms with van der Waals surface area (Å²) in [5, 5.41) is 9.15. The van der Waals surface area contributed by atoms with Gasteiger partial charge < -0.3 is 9.84 Å². The molecule has 1 unspecified atom stereocenters. The van der Waals surface area contributed by atoms with Crippen molar-refractivity contribution < 1.29 is 23.1 Å². The van der Waals surface area contributed by atoms with Gasteiger partial charge in [0.15, 0.2) is 0 Å². The maximum atomic E-state index is 12.4. The molecule has 2 saturated heterocycles. The molecule has 6 nitrogen and oxygen atoms in total. The van der Waals surface area contributed by atoms with Crippen molar-refractivity contribution in [2.24, 2.45) is 5.92 Å². The van der Waals surface area contributed by atoms with E-state index in [1.54, 1.807) is 0 Å². The predicted octanol–water partition coefficient (Wildman–Crippen LogP) is 0.682. The number of aliphatic carboxylic acids is 1. The largest absolute Gasteiger partial charge is 0.480 e. The van der Waals surface area contributed by atoms with E-state index in [0.717, 1.165) is 25.7 Å². The fraction of sp³-hybridized carbons (Fsp3) is 0.917. The first-order chi connectivity index (χ1) is 9.00. The van der Waals surface area contributed by atoms with Gasteiger partial charge in [0, 0.05) is 19.8 Å². The number of carboxylic acids is 1. The zero-order valence-corrected chi connectivity index (χ0v) is 11.8. The molecular formula is C12H21NO5S. The molecule has 0 aromatic heterocycles. The van der Waals surface area contributed by atoms with Gasteiger partial charge >= 0.3 is 5.97 Å². The SMILES string of the molecule is O=C(O)C1CCCCN1S(=O)(=O)CC1CCOCC1. The lowest BCUT2D eigenvalue weighted by Crippen LogP contribution is -2.49. The molecule has 0 aromatic rings. The molecule has 2 aliphatic heterocycles. The Bertz CT molecular complexity index is 416. The highest BCUT2D eigenvalue weighted by Crippen LogP contribution is 2.24. The quantitative estimate of drug-likeness (QED) is 0.823. The van der Waals surface area contributed by atoms with Gasteiger partial charge in [0.1, 0.15) is 6.04 Å². The van der Waals surface area contributed by atoms with E-state index in [4.69, 9.17) is 9.84 Å². The Morgan fingerprint density at radius 2 is 1.89 bits per heavy atom. The van der Waals surface area contributed by atoms with Crippen molar-refractivity contribution in [3.8, 4) is 0 Å². The molecule has 2 aliphatic rings. The summed E-state index contributed by atoms with van der Waals surface area (Å²) < 4.78 is 31.2. The number of hydrogen-bond acceptors (Lipinski definition) is 4. The first-order valence-corrected chi connectivity index (χ1v) is 8.41. The molecule has 0 aliphatic carbocycles. The molecule has 0 radical (unpaired) electrons. The van der Waals surface area contributed by atoms with Crippen molar-refractivity contribution in [2.75, 3.05) is 25.5 Å². The molecule has 7 heteroatoms. The summed E-state index contributed by atoms with van der Waals surface area (Å²) in [6, 6.07) is -0.876. The third-order valence-corrected chi connectivity index (χ3v) is 5.93. The van der Waals surface area contributed by atoms with Crippen LogP contribution in [-0.4, -0.2) is 55.4 Å². The normalized spacial score (nSPS) is 27.3. The average Bonchev–Trinajstić information content (AvgIpc) is 2.39. The Hall–Kier alpha value is -0.660. The van der Waals surface area contributed by atoms with Crippen molar-refractivity contribution in [1.29, 1.82) is 0 Å². The topological polar surface area (TPSA) is 83.9 Å². The van der Waals surface area contributed by atoms with Gasteiger partial charge in [-0.2, -0.15) is 4.31 Å². The monoisotopic (exact) mass is 291 g/mol. The number of carboxylic acid groups (broad SMARTS) is 1. The van der Waals surface area contributed by atoms with Gasteiger partial charge in [-0.25, -0.2) is 8.42 Å². The first-order valence-electron chi connectivity index (χ1n) is 6.81. The van der Waals surface area contributed by atoms with Crippen LogP contribution in [0.5, 0.6) is 0 Å². The Morgan fingerprint density at radius 3 is 2.53 bits per heavy atom. The van der Waals surface area contributed by atoms with Gasteiger partial charge in [0.25, 0.3) is 0 Å². The summed E-state index contributed by atoms with van der Waals surface area (Å²) in [7, 11) is -3.48. The number of piperidine rings is 1. The van der Waals surface area contributed by atoms with Gasteiger partial charge in [0.2, 0.25) is 10.0 Å². The van der Waals surface area contributed by atoms with Crippen molar-refractivity contribution >= 4 is 16.0 Å². The Morgan fingerprint density at radius 1 is 1.21 bits per heavy atom. The van der Waals surface area contributed by atoms with Crippen LogP contribution in [-0.2, 0) is 19.6 Å². The lowest BCUT2D eigenvalue weighted by Gasteiger charge is -2.33. The zero-order valence-electron chi connectivity index (χ0n) is 11.0. The standard InChI is InChI=1S/C12H21NO5S/c14-12(15)11-3-1-2-6-13(11)19(16,17)9-10-4-7-18-8-5-10/h10-11H,1-9H2,(H,14,15). The molecule has 2 rings (SSSR count). The zero-order chi connectivity index (χ0) is 13.9. The first kappa shape index (κ1) is 14.7. The lowest BCUT2D eigenvalue weighted by molar-refractivity contribution is -0.142. The molecule has 0 bridgehead atoms. The molecule has 2 heterocycles. The second-order valence-corrected chi connectivity index (χ2v) is 7.26. The van der Waals surface area contributed by atoms with E-state index in [9.17, 15) is 13.2 Å². The van der Waals surface area contributed by atoms with E-state index in [1.807, 2.05) is 0 Å². The van der Waals surface area contributed by atoms with Crippen LogP contribution >= 0.6 is 0 Å². The minimum atomic E-state index is -3.48. The Labute approximate surface area is 113 Å². The predicted molar refractivity (Wildman–Crippen MR) is 69.3 cm³/mol. The second kappa shape index (κ2) is 6.19. The minimum Gasteiger partial charge on any atom is -0.480 e. The number of hydrogen-bond donors (Lipinski definition) is 1. The average molecular weight is 291 g/mol. The van der Waals surface area contributed by atoms with Crippen LogP contribution in [0.4, 0.5) is 0 Å². The van der Waals surface area contributed by atoms with Crippen LogP contribution in [0.15, 0.2) is 0 Å². The molecule has 0 amide bonds. The van der Waals surface area contributed by atoms with Crippen LogP contribution in [0, 0.1) is 5.92 Å². The van der Waals surface area contributed by atoms with E-state index < -0.39 is 22.0 Å². The fourth-order valence-electron chi connectivity index (χ4n) is 2.79. The summed E-state index contributed by atoms with van der Waals surface area (Å²) in [5.74, 6) is -0.884. The number of rotatable bonds is 4. The smallest absolute Gasteiger partial charge is 0.322 e. The maximum Gasteiger partial charge on any atom is 0.322 e. The summed E-state index contributed by atoms with van der Waals surface area (Å²) in [5.41, 5.74) is 0. The summed E-state index contributed by atoms with van der Waals surface area (Å²) in [6.07, 6.45) is 3.43. The van der Waals surface area contributed by atoms with Gasteiger partial charge in [-0.3, -0.25) is 4.79 Å². The maximum absolute atomic E-state index is 12.4. The van der Waals surface area contributed by atoms with Gasteiger partial charge in [-0.05, 0) is 38.0 Å². The van der Waals surface area contributed by atoms with Crippen LogP contribution in [0.3, 0.4) is 0 Å². The van der Waals surface area contributed by atoms with E-state index in [-0.39, 0.29) is 11.7 Å². The highest BCUT2D eigenvalue weighted by molar-refractivity contribution is 7.89. The number of nitrogens with zero attached hydrogens (tertiary/aromatic N) is 1. The third-order valence-electron chi connectivity index (χ3n) is 3.88. The highest BCUT2D eigenvalue weighted by Gasteiger charge is 2.37. The number of sulfonamides is 1. The Balaban J connectivity index is 2.05. The Kier molecular flexibility index (Phi) is 4.81. The van der Waals surface area contributed by atoms with E-state index in [0.29, 0.717) is 26.2 Å². The van der Waals surface area contributed by atoms with Gasteiger partial charge in [-0.15, -0.1) is 0 Å². The second-order valence-electron chi connectivity index (χ2n) is 5.29. The molecule has 110 valence electrons. The summed E-state index contributed by atoms with van der Waals surface area (Å²) in [6.45, 7) is 1.54. The third kappa shape index (κ3) is 3.67. The minimum absolute atomic E-state index is 0.0557. The van der Waals surface area contributed by atoms with Crippen LogP contribution < -0.4 is 0 Å². The van der Waals surface area contributed by atoms with Crippen LogP contribution in [0.2, 0.25) is 0 Å². The van der Waals surface area contributed by atoms with Gasteiger partial charge in [-0.1, -0.05) is 0 Å². The van der Waals surface area contributed by atoms with Crippen LogP contribution in [0.25, 0.3) is 0 Å². The molecule has 1 N–H and O–H groups in total. The highest BCUT2D eigenvalue weighted by atomic mass is 32.2. The summed E-state index contributed by atoms with van der Waals surface area (Å²) >= 11 is 0. The van der Waals surface area contributed by atoms with Crippen molar-refractivity contribution in [3.05, 3.63) is 0 Å². The lowest BCUT2D eigenvalue weighted by atomic mass is 10.0. The molecule has 0 saturated carbocycles. The molecule has 0 aromatic carbocycles.